The van der Waals surface area contributed by atoms with Crippen LogP contribution in [0.1, 0.15) is 5.56 Å². The molecule has 108 valence electrons. The predicted molar refractivity (Wildman–Crippen MR) is 75.2 cm³/mol. The molecule has 0 bridgehead atoms. The maximum absolute atomic E-state index is 13.3. The molecule has 2 rings (SSSR count). The maximum atomic E-state index is 13.3. The second-order valence-electron chi connectivity index (χ2n) is 3.84. The van der Waals surface area contributed by atoms with Crippen LogP contribution in [-0.4, -0.2) is 24.9 Å². The standard InChI is InChI=1S/C13H11FN4O2S/c14-11-3-4-12(10(8-11)2-1-5-15)21(19,20)18-13-9-16-6-7-17-13/h3-4,6-9H,5,15H2,(H,17,18). The van der Waals surface area contributed by atoms with Crippen molar-refractivity contribution in [2.75, 3.05) is 11.3 Å². The fourth-order valence-corrected chi connectivity index (χ4v) is 2.66. The summed E-state index contributed by atoms with van der Waals surface area (Å²) in [6.07, 6.45) is 4.01. The molecule has 1 heterocycles. The number of nitrogens with zero attached hydrogens (tertiary/aromatic N) is 2. The summed E-state index contributed by atoms with van der Waals surface area (Å²) in [4.78, 5) is 7.41. The van der Waals surface area contributed by atoms with Crippen LogP contribution in [0.2, 0.25) is 0 Å². The van der Waals surface area contributed by atoms with Gasteiger partial charge >= 0.3 is 0 Å². The van der Waals surface area contributed by atoms with Gasteiger partial charge in [0.15, 0.2) is 5.82 Å². The number of hydrogen-bond donors (Lipinski definition) is 2. The largest absolute Gasteiger partial charge is 0.320 e. The van der Waals surface area contributed by atoms with Crippen LogP contribution in [-0.2, 0) is 10.0 Å². The zero-order valence-corrected chi connectivity index (χ0v) is 11.6. The van der Waals surface area contributed by atoms with Crippen LogP contribution in [0.25, 0.3) is 0 Å². The summed E-state index contributed by atoms with van der Waals surface area (Å²) >= 11 is 0. The minimum Gasteiger partial charge on any atom is -0.320 e. The lowest BCUT2D eigenvalue weighted by Gasteiger charge is -2.08. The Labute approximate surface area is 121 Å². The van der Waals surface area contributed by atoms with Crippen molar-refractivity contribution >= 4 is 15.8 Å². The number of nitrogens with one attached hydrogen (secondary N) is 1. The van der Waals surface area contributed by atoms with Gasteiger partial charge in [0, 0.05) is 18.0 Å². The molecule has 1 aromatic carbocycles. The Morgan fingerprint density at radius 1 is 1.33 bits per heavy atom. The molecular weight excluding hydrogens is 295 g/mol. The fraction of sp³-hybridized carbons (Fsp3) is 0.0769. The average molecular weight is 306 g/mol. The lowest BCUT2D eigenvalue weighted by Crippen LogP contribution is -2.15. The van der Waals surface area contributed by atoms with E-state index in [4.69, 9.17) is 5.73 Å². The van der Waals surface area contributed by atoms with E-state index in [0.29, 0.717) is 0 Å². The van der Waals surface area contributed by atoms with Crippen LogP contribution in [0.5, 0.6) is 0 Å². The third kappa shape index (κ3) is 3.75. The van der Waals surface area contributed by atoms with E-state index in [0.717, 1.165) is 18.2 Å². The number of sulfonamides is 1. The summed E-state index contributed by atoms with van der Waals surface area (Å²) in [7, 11) is -3.95. The van der Waals surface area contributed by atoms with Gasteiger partial charge in [-0.1, -0.05) is 11.8 Å². The Balaban J connectivity index is 2.45. The molecule has 0 spiro atoms. The number of benzene rings is 1. The molecule has 1 aromatic heterocycles. The van der Waals surface area contributed by atoms with E-state index in [9.17, 15) is 12.8 Å². The molecule has 0 aliphatic rings. The molecule has 0 atom stereocenters. The zero-order valence-electron chi connectivity index (χ0n) is 10.7. The second kappa shape index (κ2) is 6.30. The van der Waals surface area contributed by atoms with E-state index in [2.05, 4.69) is 26.5 Å². The molecule has 8 heteroatoms. The quantitative estimate of drug-likeness (QED) is 0.815. The van der Waals surface area contributed by atoms with E-state index in [-0.39, 0.29) is 22.8 Å². The summed E-state index contributed by atoms with van der Waals surface area (Å²) in [5, 5.41) is 0. The van der Waals surface area contributed by atoms with Crippen LogP contribution in [0.3, 0.4) is 0 Å². The van der Waals surface area contributed by atoms with Gasteiger partial charge in [-0.25, -0.2) is 17.8 Å². The Bertz CT molecular complexity index is 798. The van der Waals surface area contributed by atoms with E-state index in [1.165, 1.54) is 18.6 Å². The lowest BCUT2D eigenvalue weighted by molar-refractivity contribution is 0.599. The van der Waals surface area contributed by atoms with Gasteiger partial charge in [0.25, 0.3) is 10.0 Å². The summed E-state index contributed by atoms with van der Waals surface area (Å²) < 4.78 is 40.1. The number of hydrogen-bond acceptors (Lipinski definition) is 5. The minimum absolute atomic E-state index is 0.0249. The van der Waals surface area contributed by atoms with Crippen LogP contribution in [0.4, 0.5) is 10.2 Å². The highest BCUT2D eigenvalue weighted by molar-refractivity contribution is 7.92. The molecule has 0 aliphatic heterocycles. The van der Waals surface area contributed by atoms with E-state index >= 15 is 0 Å². The summed E-state index contributed by atoms with van der Waals surface area (Å²) in [5.41, 5.74) is 5.27. The molecule has 0 saturated carbocycles. The average Bonchev–Trinajstić information content (AvgIpc) is 2.45. The second-order valence-corrected chi connectivity index (χ2v) is 5.49. The summed E-state index contributed by atoms with van der Waals surface area (Å²) in [5.74, 6) is 4.50. The SMILES string of the molecule is NCC#Cc1cc(F)ccc1S(=O)(=O)Nc1cnccn1. The molecule has 0 amide bonds. The molecule has 3 N–H and O–H groups in total. The number of anilines is 1. The van der Waals surface area contributed by atoms with Gasteiger partial charge < -0.3 is 5.73 Å². The van der Waals surface area contributed by atoms with E-state index in [1.807, 2.05) is 0 Å². The Morgan fingerprint density at radius 2 is 2.14 bits per heavy atom. The van der Waals surface area contributed by atoms with Crippen LogP contribution >= 0.6 is 0 Å². The van der Waals surface area contributed by atoms with Crippen LogP contribution in [0.15, 0.2) is 41.7 Å². The molecular formula is C13H11FN4O2S. The molecule has 0 aliphatic carbocycles. The minimum atomic E-state index is -3.95. The van der Waals surface area contributed by atoms with Gasteiger partial charge in [-0.15, -0.1) is 0 Å². The molecule has 0 fully saturated rings. The Kier molecular flexibility index (Phi) is 4.47. The Hall–Kier alpha value is -2.50. The molecule has 21 heavy (non-hydrogen) atoms. The van der Waals surface area contributed by atoms with Gasteiger partial charge in [0.1, 0.15) is 10.7 Å². The van der Waals surface area contributed by atoms with Crippen molar-refractivity contribution < 1.29 is 12.8 Å². The smallest absolute Gasteiger partial charge is 0.264 e. The zero-order chi connectivity index (χ0) is 15.3. The van der Waals surface area contributed by atoms with Gasteiger partial charge in [-0.05, 0) is 18.2 Å². The highest BCUT2D eigenvalue weighted by atomic mass is 32.2. The van der Waals surface area contributed by atoms with Crippen molar-refractivity contribution in [2.45, 2.75) is 4.90 Å². The van der Waals surface area contributed by atoms with Gasteiger partial charge in [0.05, 0.1) is 12.7 Å². The van der Waals surface area contributed by atoms with Gasteiger partial charge in [-0.3, -0.25) is 9.71 Å². The molecule has 2 aromatic rings. The maximum Gasteiger partial charge on any atom is 0.264 e. The van der Waals surface area contributed by atoms with E-state index in [1.54, 1.807) is 0 Å². The molecule has 0 unspecified atom stereocenters. The van der Waals surface area contributed by atoms with Gasteiger partial charge in [-0.2, -0.15) is 0 Å². The highest BCUT2D eigenvalue weighted by Crippen LogP contribution is 2.19. The first-order chi connectivity index (χ1) is 10.0. The van der Waals surface area contributed by atoms with Crippen molar-refractivity contribution in [3.63, 3.8) is 0 Å². The first-order valence-corrected chi connectivity index (χ1v) is 7.28. The van der Waals surface area contributed by atoms with Crippen LogP contribution in [0, 0.1) is 17.7 Å². The number of nitrogens with two attached hydrogens (primary N) is 1. The topological polar surface area (TPSA) is 98.0 Å². The number of aromatic nitrogens is 2. The van der Waals surface area contributed by atoms with Crippen molar-refractivity contribution in [3.05, 3.63) is 48.2 Å². The van der Waals surface area contributed by atoms with E-state index < -0.39 is 15.8 Å². The van der Waals surface area contributed by atoms with Crippen molar-refractivity contribution in [2.24, 2.45) is 5.73 Å². The highest BCUT2D eigenvalue weighted by Gasteiger charge is 2.19. The van der Waals surface area contributed by atoms with Crippen molar-refractivity contribution in [1.82, 2.24) is 9.97 Å². The fourth-order valence-electron chi connectivity index (χ4n) is 1.52. The first kappa shape index (κ1) is 14.9. The first-order valence-electron chi connectivity index (χ1n) is 5.80. The predicted octanol–water partition coefficient (Wildman–Crippen LogP) is 0.727. The van der Waals surface area contributed by atoms with Gasteiger partial charge in [0.2, 0.25) is 0 Å². The lowest BCUT2D eigenvalue weighted by atomic mass is 10.2. The molecule has 0 saturated heterocycles. The monoisotopic (exact) mass is 306 g/mol. The number of rotatable bonds is 3. The number of halogens is 1. The normalized spacial score (nSPS) is 10.6. The van der Waals surface area contributed by atoms with Crippen molar-refractivity contribution in [1.29, 1.82) is 0 Å². The van der Waals surface area contributed by atoms with Crippen LogP contribution < -0.4 is 10.5 Å². The molecule has 6 nitrogen and oxygen atoms in total. The Morgan fingerprint density at radius 3 is 2.81 bits per heavy atom. The summed E-state index contributed by atoms with van der Waals surface area (Å²) in [6, 6.07) is 3.21. The summed E-state index contributed by atoms with van der Waals surface area (Å²) in [6.45, 7) is 0.0353. The van der Waals surface area contributed by atoms with Crippen molar-refractivity contribution in [3.8, 4) is 11.8 Å². The third-order valence-corrected chi connectivity index (χ3v) is 3.77. The third-order valence-electron chi connectivity index (χ3n) is 2.36. The molecule has 0 radical (unpaired) electrons.